The maximum absolute atomic E-state index is 10.0. The molecule has 2 atom stereocenters. The van der Waals surface area contributed by atoms with Gasteiger partial charge in [-0.25, -0.2) is 0 Å². The van der Waals surface area contributed by atoms with E-state index in [9.17, 15) is 5.11 Å². The predicted octanol–water partition coefficient (Wildman–Crippen LogP) is 3.61. The molecule has 0 radical (unpaired) electrons. The van der Waals surface area contributed by atoms with Gasteiger partial charge in [-0.2, -0.15) is 0 Å². The minimum atomic E-state index is -0.0819. The lowest BCUT2D eigenvalue weighted by molar-refractivity contribution is 0.0492. The fourth-order valence-corrected chi connectivity index (χ4v) is 1.93. The Kier molecular flexibility index (Phi) is 7.35. The molecule has 0 aliphatic rings. The lowest BCUT2D eigenvalue weighted by Crippen LogP contribution is -2.26. The fraction of sp³-hybridized carbons (Fsp3) is 1.00. The van der Waals surface area contributed by atoms with Crippen LogP contribution in [0.1, 0.15) is 59.8 Å². The molecule has 1 nitrogen and oxygen atoms in total. The van der Waals surface area contributed by atoms with Crippen molar-refractivity contribution in [2.24, 2.45) is 11.8 Å². The Morgan fingerprint density at radius 1 is 1.08 bits per heavy atom. The normalized spacial score (nSPS) is 16.2. The first kappa shape index (κ1) is 13.0. The van der Waals surface area contributed by atoms with Gasteiger partial charge >= 0.3 is 0 Å². The van der Waals surface area contributed by atoms with Crippen LogP contribution >= 0.6 is 0 Å². The van der Waals surface area contributed by atoms with Crippen molar-refractivity contribution < 1.29 is 5.11 Å². The SMILES string of the molecule is CCCCC(C)C(O)C(CC)CC. The summed E-state index contributed by atoms with van der Waals surface area (Å²) in [6.07, 6.45) is 5.79. The molecule has 1 heteroatoms. The molecule has 0 aliphatic carbocycles. The zero-order valence-corrected chi connectivity index (χ0v) is 9.71. The van der Waals surface area contributed by atoms with Crippen molar-refractivity contribution in [3.05, 3.63) is 0 Å². The number of aliphatic hydroxyl groups excluding tert-OH is 1. The summed E-state index contributed by atoms with van der Waals surface area (Å²) in [4.78, 5) is 0. The summed E-state index contributed by atoms with van der Waals surface area (Å²) in [6.45, 7) is 8.72. The Balaban J connectivity index is 3.83. The van der Waals surface area contributed by atoms with Crippen LogP contribution in [0.15, 0.2) is 0 Å². The molecule has 0 aromatic carbocycles. The van der Waals surface area contributed by atoms with Gasteiger partial charge in [-0.15, -0.1) is 0 Å². The van der Waals surface area contributed by atoms with Crippen LogP contribution in [-0.4, -0.2) is 11.2 Å². The molecule has 1 N–H and O–H groups in total. The minimum absolute atomic E-state index is 0.0819. The second kappa shape index (κ2) is 7.37. The molecule has 0 aromatic heterocycles. The molecule has 0 aliphatic heterocycles. The van der Waals surface area contributed by atoms with E-state index >= 15 is 0 Å². The molecule has 0 aromatic rings. The topological polar surface area (TPSA) is 20.2 Å². The molecule has 0 rings (SSSR count). The average Bonchev–Trinajstić information content (AvgIpc) is 2.15. The zero-order chi connectivity index (χ0) is 10.3. The van der Waals surface area contributed by atoms with Gasteiger partial charge < -0.3 is 5.11 Å². The fourth-order valence-electron chi connectivity index (χ4n) is 1.93. The van der Waals surface area contributed by atoms with E-state index in [0.29, 0.717) is 11.8 Å². The average molecular weight is 186 g/mol. The van der Waals surface area contributed by atoms with Crippen molar-refractivity contribution in [3.63, 3.8) is 0 Å². The van der Waals surface area contributed by atoms with Crippen LogP contribution in [0.5, 0.6) is 0 Å². The molecule has 0 bridgehead atoms. The molecule has 80 valence electrons. The Morgan fingerprint density at radius 3 is 2.00 bits per heavy atom. The van der Waals surface area contributed by atoms with Gasteiger partial charge in [-0.3, -0.25) is 0 Å². The smallest absolute Gasteiger partial charge is 0.0593 e. The van der Waals surface area contributed by atoms with Gasteiger partial charge in [0.15, 0.2) is 0 Å². The summed E-state index contributed by atoms with van der Waals surface area (Å²) in [6, 6.07) is 0. The van der Waals surface area contributed by atoms with Crippen LogP contribution in [0.2, 0.25) is 0 Å². The van der Waals surface area contributed by atoms with E-state index in [1.165, 1.54) is 19.3 Å². The van der Waals surface area contributed by atoms with E-state index in [1.54, 1.807) is 0 Å². The van der Waals surface area contributed by atoms with Gasteiger partial charge in [-0.1, -0.05) is 53.4 Å². The zero-order valence-electron chi connectivity index (χ0n) is 9.71. The monoisotopic (exact) mass is 186 g/mol. The van der Waals surface area contributed by atoms with Gasteiger partial charge in [0.2, 0.25) is 0 Å². The molecule has 0 saturated carbocycles. The number of aliphatic hydroxyl groups is 1. The summed E-state index contributed by atoms with van der Waals surface area (Å²) in [7, 11) is 0. The van der Waals surface area contributed by atoms with Crippen LogP contribution in [0.3, 0.4) is 0 Å². The lowest BCUT2D eigenvalue weighted by atomic mass is 9.86. The maximum Gasteiger partial charge on any atom is 0.0593 e. The molecule has 0 amide bonds. The third-order valence-corrected chi connectivity index (χ3v) is 3.13. The first-order valence-corrected chi connectivity index (χ1v) is 5.85. The molecule has 0 fully saturated rings. The predicted molar refractivity (Wildman–Crippen MR) is 58.8 cm³/mol. The van der Waals surface area contributed by atoms with E-state index < -0.39 is 0 Å². The lowest BCUT2D eigenvalue weighted by Gasteiger charge is -2.25. The van der Waals surface area contributed by atoms with Crippen LogP contribution in [0.25, 0.3) is 0 Å². The molecular formula is C12H26O. The Bertz CT molecular complexity index is 108. The van der Waals surface area contributed by atoms with Crippen LogP contribution in [0, 0.1) is 11.8 Å². The third-order valence-electron chi connectivity index (χ3n) is 3.13. The number of unbranched alkanes of at least 4 members (excludes halogenated alkanes) is 1. The highest BCUT2D eigenvalue weighted by atomic mass is 16.3. The molecule has 0 heterocycles. The quantitative estimate of drug-likeness (QED) is 0.644. The van der Waals surface area contributed by atoms with Crippen LogP contribution in [0.4, 0.5) is 0 Å². The van der Waals surface area contributed by atoms with Crippen molar-refractivity contribution in [2.45, 2.75) is 65.9 Å². The van der Waals surface area contributed by atoms with E-state index in [0.717, 1.165) is 12.8 Å². The Hall–Kier alpha value is -0.0400. The number of hydrogen-bond acceptors (Lipinski definition) is 1. The first-order valence-electron chi connectivity index (χ1n) is 5.85. The first-order chi connectivity index (χ1) is 6.17. The minimum Gasteiger partial charge on any atom is -0.393 e. The van der Waals surface area contributed by atoms with Crippen LogP contribution in [-0.2, 0) is 0 Å². The van der Waals surface area contributed by atoms with E-state index in [4.69, 9.17) is 0 Å². The van der Waals surface area contributed by atoms with E-state index in [-0.39, 0.29) is 6.10 Å². The summed E-state index contributed by atoms with van der Waals surface area (Å²) >= 11 is 0. The van der Waals surface area contributed by atoms with E-state index in [1.807, 2.05) is 0 Å². The van der Waals surface area contributed by atoms with E-state index in [2.05, 4.69) is 27.7 Å². The highest BCUT2D eigenvalue weighted by molar-refractivity contribution is 4.71. The number of rotatable bonds is 7. The van der Waals surface area contributed by atoms with Gasteiger partial charge in [0.25, 0.3) is 0 Å². The Morgan fingerprint density at radius 2 is 1.62 bits per heavy atom. The second-order valence-electron chi connectivity index (χ2n) is 4.19. The van der Waals surface area contributed by atoms with Crippen molar-refractivity contribution in [3.8, 4) is 0 Å². The molecule has 0 spiro atoms. The summed E-state index contributed by atoms with van der Waals surface area (Å²) in [5, 5.41) is 10.0. The largest absolute Gasteiger partial charge is 0.393 e. The van der Waals surface area contributed by atoms with Crippen molar-refractivity contribution in [1.82, 2.24) is 0 Å². The van der Waals surface area contributed by atoms with Crippen molar-refractivity contribution >= 4 is 0 Å². The summed E-state index contributed by atoms with van der Waals surface area (Å²) in [5.41, 5.74) is 0. The molecule has 13 heavy (non-hydrogen) atoms. The molecule has 2 unspecified atom stereocenters. The number of hydrogen-bond donors (Lipinski definition) is 1. The van der Waals surface area contributed by atoms with Crippen LogP contribution < -0.4 is 0 Å². The Labute approximate surface area is 83.5 Å². The van der Waals surface area contributed by atoms with Gasteiger partial charge in [0, 0.05) is 0 Å². The van der Waals surface area contributed by atoms with Gasteiger partial charge in [0.1, 0.15) is 0 Å². The highest BCUT2D eigenvalue weighted by Crippen LogP contribution is 2.23. The maximum atomic E-state index is 10.0. The highest BCUT2D eigenvalue weighted by Gasteiger charge is 2.21. The summed E-state index contributed by atoms with van der Waals surface area (Å²) in [5.74, 6) is 0.983. The van der Waals surface area contributed by atoms with Gasteiger partial charge in [-0.05, 0) is 18.3 Å². The van der Waals surface area contributed by atoms with Crippen molar-refractivity contribution in [2.75, 3.05) is 0 Å². The molecular weight excluding hydrogens is 160 g/mol. The van der Waals surface area contributed by atoms with Gasteiger partial charge in [0.05, 0.1) is 6.10 Å². The second-order valence-corrected chi connectivity index (χ2v) is 4.19. The molecule has 0 saturated heterocycles. The van der Waals surface area contributed by atoms with Crippen molar-refractivity contribution in [1.29, 1.82) is 0 Å². The standard InChI is InChI=1S/C12H26O/c1-5-8-9-10(4)12(13)11(6-2)7-3/h10-13H,5-9H2,1-4H3. The summed E-state index contributed by atoms with van der Waals surface area (Å²) < 4.78 is 0. The third kappa shape index (κ3) is 4.66.